The molecule has 0 fully saturated rings. The summed E-state index contributed by atoms with van der Waals surface area (Å²) in [6.07, 6.45) is 3.23. The molecule has 7 nitrogen and oxygen atoms in total. The van der Waals surface area contributed by atoms with Gasteiger partial charge in [-0.1, -0.05) is 5.16 Å². The van der Waals surface area contributed by atoms with E-state index in [-0.39, 0.29) is 6.04 Å². The van der Waals surface area contributed by atoms with Crippen LogP contribution in [0.1, 0.15) is 40.6 Å². The summed E-state index contributed by atoms with van der Waals surface area (Å²) in [5.74, 6) is 2.05. The van der Waals surface area contributed by atoms with Crippen LogP contribution < -0.4 is 9.47 Å². The maximum atomic E-state index is 12.4. The van der Waals surface area contributed by atoms with E-state index in [9.17, 15) is 8.42 Å². The van der Waals surface area contributed by atoms with Crippen LogP contribution in [0.15, 0.2) is 16.7 Å². The third kappa shape index (κ3) is 3.82. The molecule has 0 bridgehead atoms. The van der Waals surface area contributed by atoms with Gasteiger partial charge in [-0.05, 0) is 56.4 Å². The Balaban J connectivity index is 2.01. The molecule has 1 atom stereocenters. The second-order valence-corrected chi connectivity index (χ2v) is 8.82. The van der Waals surface area contributed by atoms with Gasteiger partial charge in [0.2, 0.25) is 10.0 Å². The van der Waals surface area contributed by atoms with Gasteiger partial charge in [0.25, 0.3) is 0 Å². The fraction of sp³-hybridized carbons (Fsp3) is 0.526. The van der Waals surface area contributed by atoms with Crippen molar-refractivity contribution in [3.8, 4) is 11.5 Å². The number of fused-ring (bicyclic) bond motifs is 1. The molecular formula is C19H26N2O5S. The number of hydrogen-bond donors (Lipinski definition) is 0. The zero-order valence-electron chi connectivity index (χ0n) is 16.4. The van der Waals surface area contributed by atoms with Gasteiger partial charge < -0.3 is 14.0 Å². The summed E-state index contributed by atoms with van der Waals surface area (Å²) in [6.45, 7) is 4.24. The number of sulfonamides is 1. The molecule has 0 saturated heterocycles. The number of methoxy groups -OCH3 is 2. The van der Waals surface area contributed by atoms with Crippen molar-refractivity contribution in [1.82, 2.24) is 9.46 Å². The molecule has 1 aromatic heterocycles. The number of nitrogens with zero attached hydrogens (tertiary/aromatic N) is 2. The van der Waals surface area contributed by atoms with Crippen LogP contribution >= 0.6 is 0 Å². The standard InChI is InChI=1S/C19H26N2O5S/c1-12-15(13(2)26-20-12)6-7-17-16-11-19(25-4)18(24-3)10-14(16)8-9-21(17)27(5,22)23/h10-11,17H,6-9H2,1-5H3. The average Bonchev–Trinajstić information content (AvgIpc) is 2.95. The van der Waals surface area contributed by atoms with Crippen molar-refractivity contribution in [3.05, 3.63) is 40.3 Å². The number of benzene rings is 1. The minimum atomic E-state index is -3.34. The number of ether oxygens (including phenoxy) is 2. The van der Waals surface area contributed by atoms with E-state index in [1.165, 1.54) is 6.26 Å². The Morgan fingerprint density at radius 2 is 1.89 bits per heavy atom. The predicted molar refractivity (Wildman–Crippen MR) is 102 cm³/mol. The van der Waals surface area contributed by atoms with Crippen molar-refractivity contribution in [2.45, 2.75) is 39.2 Å². The van der Waals surface area contributed by atoms with Gasteiger partial charge in [-0.15, -0.1) is 0 Å². The van der Waals surface area contributed by atoms with Crippen molar-refractivity contribution in [3.63, 3.8) is 0 Å². The summed E-state index contributed by atoms with van der Waals surface area (Å²) in [4.78, 5) is 0. The van der Waals surface area contributed by atoms with Gasteiger partial charge in [0.1, 0.15) is 5.76 Å². The molecule has 0 N–H and O–H groups in total. The third-order valence-electron chi connectivity index (χ3n) is 5.23. The summed E-state index contributed by atoms with van der Waals surface area (Å²) in [5, 5.41) is 4.00. The van der Waals surface area contributed by atoms with Crippen molar-refractivity contribution in [2.24, 2.45) is 0 Å². The first-order chi connectivity index (χ1) is 12.8. The Morgan fingerprint density at radius 3 is 2.44 bits per heavy atom. The molecule has 2 aromatic rings. The van der Waals surface area contributed by atoms with Gasteiger partial charge in [-0.2, -0.15) is 4.31 Å². The van der Waals surface area contributed by atoms with E-state index in [2.05, 4.69) is 5.16 Å². The fourth-order valence-corrected chi connectivity index (χ4v) is 4.95. The molecule has 1 aliphatic heterocycles. The lowest BCUT2D eigenvalue weighted by Crippen LogP contribution is -2.39. The van der Waals surface area contributed by atoms with Crippen LogP contribution in [0, 0.1) is 13.8 Å². The smallest absolute Gasteiger partial charge is 0.211 e. The van der Waals surface area contributed by atoms with E-state index in [0.29, 0.717) is 37.3 Å². The topological polar surface area (TPSA) is 81.9 Å². The van der Waals surface area contributed by atoms with Gasteiger partial charge >= 0.3 is 0 Å². The van der Waals surface area contributed by atoms with Crippen molar-refractivity contribution in [2.75, 3.05) is 27.0 Å². The molecule has 0 radical (unpaired) electrons. The van der Waals surface area contributed by atoms with Crippen molar-refractivity contribution in [1.29, 1.82) is 0 Å². The van der Waals surface area contributed by atoms with Gasteiger partial charge in [0.15, 0.2) is 11.5 Å². The molecule has 0 aliphatic carbocycles. The summed E-state index contributed by atoms with van der Waals surface area (Å²) in [6, 6.07) is 3.59. The number of hydrogen-bond acceptors (Lipinski definition) is 6. The van der Waals surface area contributed by atoms with E-state index in [4.69, 9.17) is 14.0 Å². The highest BCUT2D eigenvalue weighted by molar-refractivity contribution is 7.88. The van der Waals surface area contributed by atoms with Gasteiger partial charge in [-0.25, -0.2) is 8.42 Å². The third-order valence-corrected chi connectivity index (χ3v) is 6.52. The number of aromatic nitrogens is 1. The second-order valence-electron chi connectivity index (χ2n) is 6.89. The molecule has 0 amide bonds. The van der Waals surface area contributed by atoms with Gasteiger partial charge in [0, 0.05) is 12.1 Å². The number of rotatable bonds is 6. The molecule has 0 spiro atoms. The van der Waals surface area contributed by atoms with Crippen LogP contribution in [0.4, 0.5) is 0 Å². The fourth-order valence-electron chi connectivity index (χ4n) is 3.84. The highest BCUT2D eigenvalue weighted by Crippen LogP contribution is 2.41. The average molecular weight is 394 g/mol. The first-order valence-corrected chi connectivity index (χ1v) is 10.7. The monoisotopic (exact) mass is 394 g/mol. The first kappa shape index (κ1) is 19.7. The van der Waals surface area contributed by atoms with Gasteiger partial charge in [0.05, 0.1) is 32.2 Å². The van der Waals surface area contributed by atoms with Crippen LogP contribution in [0.25, 0.3) is 0 Å². The molecule has 148 valence electrons. The Morgan fingerprint density at radius 1 is 1.22 bits per heavy atom. The van der Waals surface area contributed by atoms with E-state index in [1.807, 2.05) is 26.0 Å². The summed E-state index contributed by atoms with van der Waals surface area (Å²) in [7, 11) is -0.156. The van der Waals surface area contributed by atoms with Crippen LogP contribution in [0.3, 0.4) is 0 Å². The maximum absolute atomic E-state index is 12.4. The molecule has 0 saturated carbocycles. The van der Waals surface area contributed by atoms with Crippen LogP contribution in [-0.4, -0.2) is 44.9 Å². The Bertz CT molecular complexity index is 916. The first-order valence-electron chi connectivity index (χ1n) is 8.89. The summed E-state index contributed by atoms with van der Waals surface area (Å²) < 4.78 is 42.5. The second kappa shape index (κ2) is 7.52. The summed E-state index contributed by atoms with van der Waals surface area (Å²) >= 11 is 0. The van der Waals surface area contributed by atoms with E-state index in [0.717, 1.165) is 28.1 Å². The molecule has 8 heteroatoms. The maximum Gasteiger partial charge on any atom is 0.211 e. The Kier molecular flexibility index (Phi) is 5.48. The minimum Gasteiger partial charge on any atom is -0.493 e. The van der Waals surface area contributed by atoms with Crippen molar-refractivity contribution < 1.29 is 22.4 Å². The van der Waals surface area contributed by atoms with Gasteiger partial charge in [-0.3, -0.25) is 0 Å². The normalized spacial score (nSPS) is 17.6. The lowest BCUT2D eigenvalue weighted by Gasteiger charge is -2.36. The number of aryl methyl sites for hydroxylation is 2. The van der Waals surface area contributed by atoms with E-state index >= 15 is 0 Å². The Hall–Kier alpha value is -2.06. The highest BCUT2D eigenvalue weighted by atomic mass is 32.2. The Labute approximate surface area is 160 Å². The van der Waals surface area contributed by atoms with E-state index < -0.39 is 10.0 Å². The predicted octanol–water partition coefficient (Wildman–Crippen LogP) is 2.80. The molecule has 1 aromatic carbocycles. The SMILES string of the molecule is COc1cc2c(cc1OC)C(CCc1c(C)noc1C)N(S(C)(=O)=O)CC2. The van der Waals surface area contributed by atoms with Crippen LogP contribution in [0.2, 0.25) is 0 Å². The minimum absolute atomic E-state index is 0.266. The van der Waals surface area contributed by atoms with E-state index in [1.54, 1.807) is 18.5 Å². The molecule has 2 heterocycles. The van der Waals surface area contributed by atoms with Crippen LogP contribution in [-0.2, 0) is 22.9 Å². The lowest BCUT2D eigenvalue weighted by atomic mass is 9.89. The zero-order valence-corrected chi connectivity index (χ0v) is 17.2. The molecule has 1 aliphatic rings. The zero-order chi connectivity index (χ0) is 19.8. The molecule has 27 heavy (non-hydrogen) atoms. The highest BCUT2D eigenvalue weighted by Gasteiger charge is 2.34. The molecule has 1 unspecified atom stereocenters. The lowest BCUT2D eigenvalue weighted by molar-refractivity contribution is 0.291. The largest absolute Gasteiger partial charge is 0.493 e. The van der Waals surface area contributed by atoms with Crippen molar-refractivity contribution >= 4 is 10.0 Å². The van der Waals surface area contributed by atoms with Crippen LogP contribution in [0.5, 0.6) is 11.5 Å². The summed E-state index contributed by atoms with van der Waals surface area (Å²) in [5.41, 5.74) is 3.95. The quantitative estimate of drug-likeness (QED) is 0.749. The molecule has 3 rings (SSSR count). The molecular weight excluding hydrogens is 368 g/mol.